The maximum Gasteiger partial charge on any atom is 0.333 e. The smallest absolute Gasteiger partial charge is 0.258 e. The molecule has 0 spiro atoms. The molecule has 4 nitrogen and oxygen atoms in total. The van der Waals surface area contributed by atoms with Crippen LogP contribution in [0.5, 0.6) is 0 Å². The fourth-order valence-corrected chi connectivity index (χ4v) is 1.83. The maximum absolute atomic E-state index is 10.5. The molecule has 0 aromatic heterocycles. The molecule has 0 fully saturated rings. The standard InChI is InChI=1S/C11H17NO3S/c1-10-6-2-3-7-11(10)8-4-5-9-15-16(12,13)14/h2-3,6-7H,4-5,8-9H2,1H3,(H2,12,13,14). The summed E-state index contributed by atoms with van der Waals surface area (Å²) in [4.78, 5) is 0. The van der Waals surface area contributed by atoms with Gasteiger partial charge in [-0.3, -0.25) is 4.18 Å². The fraction of sp³-hybridized carbons (Fsp3) is 0.455. The molecule has 0 saturated heterocycles. The molecule has 1 aromatic carbocycles. The van der Waals surface area contributed by atoms with E-state index in [4.69, 9.17) is 5.14 Å². The number of unbranched alkanes of at least 4 members (excludes halogenated alkanes) is 1. The summed E-state index contributed by atoms with van der Waals surface area (Å²) >= 11 is 0. The van der Waals surface area contributed by atoms with Gasteiger partial charge in [-0.1, -0.05) is 24.3 Å². The molecule has 0 unspecified atom stereocenters. The molecule has 90 valence electrons. The van der Waals surface area contributed by atoms with Crippen LogP contribution in [0, 0.1) is 6.92 Å². The normalized spacial score (nSPS) is 11.6. The monoisotopic (exact) mass is 243 g/mol. The summed E-state index contributed by atoms with van der Waals surface area (Å²) < 4.78 is 25.4. The van der Waals surface area contributed by atoms with Gasteiger partial charge in [-0.2, -0.15) is 8.42 Å². The van der Waals surface area contributed by atoms with E-state index in [1.165, 1.54) is 11.1 Å². The van der Waals surface area contributed by atoms with E-state index >= 15 is 0 Å². The van der Waals surface area contributed by atoms with Crippen LogP contribution in [-0.4, -0.2) is 15.0 Å². The Kier molecular flexibility index (Phi) is 4.92. The minimum Gasteiger partial charge on any atom is -0.258 e. The van der Waals surface area contributed by atoms with Gasteiger partial charge < -0.3 is 0 Å². The zero-order chi connectivity index (χ0) is 12.0. The first kappa shape index (κ1) is 13.2. The van der Waals surface area contributed by atoms with Gasteiger partial charge in [-0.25, -0.2) is 5.14 Å². The van der Waals surface area contributed by atoms with Crippen molar-refractivity contribution < 1.29 is 12.6 Å². The van der Waals surface area contributed by atoms with E-state index in [1.807, 2.05) is 12.1 Å². The van der Waals surface area contributed by atoms with Gasteiger partial charge in [-0.15, -0.1) is 0 Å². The molecule has 0 bridgehead atoms. The van der Waals surface area contributed by atoms with Crippen molar-refractivity contribution in [1.29, 1.82) is 0 Å². The second-order valence-electron chi connectivity index (χ2n) is 3.70. The Hall–Kier alpha value is -0.910. The van der Waals surface area contributed by atoms with Crippen LogP contribution in [0.15, 0.2) is 24.3 Å². The van der Waals surface area contributed by atoms with Crippen molar-refractivity contribution in [3.63, 3.8) is 0 Å². The van der Waals surface area contributed by atoms with E-state index in [1.54, 1.807) is 0 Å². The SMILES string of the molecule is Cc1ccccc1CCCCOS(N)(=O)=O. The van der Waals surface area contributed by atoms with Crippen LogP contribution in [0.4, 0.5) is 0 Å². The van der Waals surface area contributed by atoms with E-state index in [9.17, 15) is 8.42 Å². The van der Waals surface area contributed by atoms with Crippen molar-refractivity contribution in [3.05, 3.63) is 35.4 Å². The van der Waals surface area contributed by atoms with Crippen LogP contribution in [0.2, 0.25) is 0 Å². The quantitative estimate of drug-likeness (QED) is 0.770. The summed E-state index contributed by atoms with van der Waals surface area (Å²) in [5.41, 5.74) is 2.55. The number of benzene rings is 1. The molecule has 1 rings (SSSR count). The van der Waals surface area contributed by atoms with Crippen molar-refractivity contribution in [1.82, 2.24) is 0 Å². The van der Waals surface area contributed by atoms with Gasteiger partial charge in [0.25, 0.3) is 0 Å². The van der Waals surface area contributed by atoms with Gasteiger partial charge in [0.05, 0.1) is 6.61 Å². The summed E-state index contributed by atoms with van der Waals surface area (Å²) in [6.07, 6.45) is 2.51. The van der Waals surface area contributed by atoms with Crippen LogP contribution in [0.3, 0.4) is 0 Å². The van der Waals surface area contributed by atoms with E-state index in [0.29, 0.717) is 6.42 Å². The number of hydrogen-bond acceptors (Lipinski definition) is 3. The molecule has 0 aliphatic heterocycles. The third-order valence-electron chi connectivity index (χ3n) is 2.35. The minimum absolute atomic E-state index is 0.157. The highest BCUT2D eigenvalue weighted by Crippen LogP contribution is 2.10. The molecule has 5 heteroatoms. The molecule has 0 aliphatic rings. The molecule has 0 aliphatic carbocycles. The van der Waals surface area contributed by atoms with Crippen molar-refractivity contribution in [2.45, 2.75) is 26.2 Å². The second-order valence-corrected chi connectivity index (χ2v) is 4.92. The van der Waals surface area contributed by atoms with E-state index in [2.05, 4.69) is 23.2 Å². The summed E-state index contributed by atoms with van der Waals surface area (Å²) in [7, 11) is -3.78. The molecule has 1 aromatic rings. The van der Waals surface area contributed by atoms with Crippen molar-refractivity contribution >= 4 is 10.3 Å². The van der Waals surface area contributed by atoms with Crippen molar-refractivity contribution in [2.24, 2.45) is 5.14 Å². The number of hydrogen-bond donors (Lipinski definition) is 1. The lowest BCUT2D eigenvalue weighted by atomic mass is 10.0. The topological polar surface area (TPSA) is 69.4 Å². The molecule has 0 atom stereocenters. The predicted octanol–water partition coefficient (Wildman–Crippen LogP) is 1.54. The molecule has 2 N–H and O–H groups in total. The zero-order valence-electron chi connectivity index (χ0n) is 9.35. The Bertz CT molecular complexity index is 429. The van der Waals surface area contributed by atoms with Gasteiger partial charge in [0.15, 0.2) is 0 Å². The van der Waals surface area contributed by atoms with Crippen LogP contribution in [0.25, 0.3) is 0 Å². The van der Waals surface area contributed by atoms with Crippen LogP contribution >= 0.6 is 0 Å². The summed E-state index contributed by atoms with van der Waals surface area (Å²) in [6.45, 7) is 2.22. The molecular weight excluding hydrogens is 226 g/mol. The number of nitrogens with two attached hydrogens (primary N) is 1. The van der Waals surface area contributed by atoms with Gasteiger partial charge in [0.2, 0.25) is 0 Å². The highest BCUT2D eigenvalue weighted by atomic mass is 32.2. The number of aryl methyl sites for hydroxylation is 2. The molecule has 0 radical (unpaired) electrons. The average molecular weight is 243 g/mol. The van der Waals surface area contributed by atoms with E-state index < -0.39 is 10.3 Å². The van der Waals surface area contributed by atoms with Crippen molar-refractivity contribution in [2.75, 3.05) is 6.61 Å². The highest BCUT2D eigenvalue weighted by Gasteiger charge is 2.01. The molecular formula is C11H17NO3S. The van der Waals surface area contributed by atoms with Crippen LogP contribution in [0.1, 0.15) is 24.0 Å². The first-order chi connectivity index (χ1) is 7.49. The van der Waals surface area contributed by atoms with E-state index in [-0.39, 0.29) is 6.61 Å². The van der Waals surface area contributed by atoms with Crippen molar-refractivity contribution in [3.8, 4) is 0 Å². The Morgan fingerprint density at radius 1 is 1.25 bits per heavy atom. The lowest BCUT2D eigenvalue weighted by molar-refractivity contribution is 0.309. The van der Waals surface area contributed by atoms with Gasteiger partial charge >= 0.3 is 10.3 Å². The maximum atomic E-state index is 10.5. The first-order valence-corrected chi connectivity index (χ1v) is 6.68. The predicted molar refractivity (Wildman–Crippen MR) is 63.2 cm³/mol. The Balaban J connectivity index is 2.24. The minimum atomic E-state index is -3.78. The molecule has 0 saturated carbocycles. The third-order valence-corrected chi connectivity index (χ3v) is 2.84. The fourth-order valence-electron chi connectivity index (χ4n) is 1.48. The second kappa shape index (κ2) is 5.98. The summed E-state index contributed by atoms with van der Waals surface area (Å²) in [5, 5.41) is 4.70. The Labute approximate surface area is 96.7 Å². The van der Waals surface area contributed by atoms with E-state index in [0.717, 1.165) is 12.8 Å². The average Bonchev–Trinajstić information content (AvgIpc) is 2.18. The largest absolute Gasteiger partial charge is 0.333 e. The summed E-state index contributed by atoms with van der Waals surface area (Å²) in [5.74, 6) is 0. The third kappa shape index (κ3) is 5.25. The Morgan fingerprint density at radius 3 is 2.56 bits per heavy atom. The van der Waals surface area contributed by atoms with Gasteiger partial charge in [-0.05, 0) is 37.3 Å². The van der Waals surface area contributed by atoms with Crippen LogP contribution in [-0.2, 0) is 20.9 Å². The number of rotatable bonds is 6. The summed E-state index contributed by atoms with van der Waals surface area (Å²) in [6, 6.07) is 8.15. The van der Waals surface area contributed by atoms with Crippen LogP contribution < -0.4 is 5.14 Å². The Morgan fingerprint density at radius 2 is 1.94 bits per heavy atom. The molecule has 0 amide bonds. The first-order valence-electron chi connectivity index (χ1n) is 5.21. The van der Waals surface area contributed by atoms with Gasteiger partial charge in [0.1, 0.15) is 0 Å². The van der Waals surface area contributed by atoms with Gasteiger partial charge in [0, 0.05) is 0 Å². The molecule has 16 heavy (non-hydrogen) atoms. The molecule has 0 heterocycles. The lowest BCUT2D eigenvalue weighted by Gasteiger charge is -2.05. The highest BCUT2D eigenvalue weighted by molar-refractivity contribution is 7.84. The zero-order valence-corrected chi connectivity index (χ0v) is 10.2. The lowest BCUT2D eigenvalue weighted by Crippen LogP contribution is -2.16.